The molecule has 0 bridgehead atoms. The largest absolute Gasteiger partial charge is 0.349 e. The molecule has 0 spiro atoms. The van der Waals surface area contributed by atoms with Crippen LogP contribution < -0.4 is 5.32 Å². The van der Waals surface area contributed by atoms with Crippen molar-refractivity contribution in [3.8, 4) is 0 Å². The first-order valence-electron chi connectivity index (χ1n) is 6.83. The summed E-state index contributed by atoms with van der Waals surface area (Å²) in [5, 5.41) is 14.1. The number of nitro benzene ring substituents is 1. The lowest BCUT2D eigenvalue weighted by Crippen LogP contribution is -2.34. The topological polar surface area (TPSA) is 72.2 Å². The Morgan fingerprint density at radius 3 is 2.50 bits per heavy atom. The van der Waals surface area contributed by atoms with Crippen LogP contribution in [0.2, 0.25) is 5.02 Å². The Morgan fingerprint density at radius 2 is 1.90 bits per heavy atom. The highest BCUT2D eigenvalue weighted by atomic mass is 35.5. The van der Waals surface area contributed by atoms with E-state index in [-0.39, 0.29) is 28.2 Å². The molecule has 20 heavy (non-hydrogen) atoms. The predicted molar refractivity (Wildman–Crippen MR) is 77.1 cm³/mol. The second kappa shape index (κ2) is 6.70. The maximum absolute atomic E-state index is 12.2. The van der Waals surface area contributed by atoms with Gasteiger partial charge < -0.3 is 5.32 Å². The summed E-state index contributed by atoms with van der Waals surface area (Å²) >= 11 is 5.74. The maximum atomic E-state index is 12.2. The fraction of sp³-hybridized carbons (Fsp3) is 0.500. The zero-order valence-corrected chi connectivity index (χ0v) is 11.9. The van der Waals surface area contributed by atoms with Crippen LogP contribution in [0.5, 0.6) is 0 Å². The van der Waals surface area contributed by atoms with Crippen LogP contribution in [-0.4, -0.2) is 16.9 Å². The molecule has 0 atom stereocenters. The molecule has 1 N–H and O–H groups in total. The minimum absolute atomic E-state index is 0.0728. The van der Waals surface area contributed by atoms with E-state index < -0.39 is 4.92 Å². The highest BCUT2D eigenvalue weighted by Gasteiger charge is 2.23. The van der Waals surface area contributed by atoms with Gasteiger partial charge in [0.05, 0.1) is 4.92 Å². The lowest BCUT2D eigenvalue weighted by molar-refractivity contribution is -0.385. The number of amides is 1. The van der Waals surface area contributed by atoms with Gasteiger partial charge in [-0.3, -0.25) is 14.9 Å². The number of carbonyl (C=O) groups is 1. The number of hydrogen-bond donors (Lipinski definition) is 1. The molecule has 1 amide bonds. The summed E-state index contributed by atoms with van der Waals surface area (Å²) in [6.07, 6.45) is 6.43. The molecule has 0 aliphatic heterocycles. The summed E-state index contributed by atoms with van der Waals surface area (Å²) in [5.74, 6) is -0.389. The van der Waals surface area contributed by atoms with Crippen LogP contribution in [-0.2, 0) is 0 Å². The van der Waals surface area contributed by atoms with Gasteiger partial charge in [-0.15, -0.1) is 0 Å². The Hall–Kier alpha value is -1.62. The molecule has 2 rings (SSSR count). The smallest absolute Gasteiger partial charge is 0.283 e. The van der Waals surface area contributed by atoms with Crippen molar-refractivity contribution < 1.29 is 9.72 Å². The van der Waals surface area contributed by atoms with E-state index in [9.17, 15) is 14.9 Å². The third kappa shape index (κ3) is 3.70. The van der Waals surface area contributed by atoms with E-state index >= 15 is 0 Å². The molecule has 0 radical (unpaired) electrons. The van der Waals surface area contributed by atoms with Gasteiger partial charge in [0, 0.05) is 17.1 Å². The van der Waals surface area contributed by atoms with Gasteiger partial charge in [-0.2, -0.15) is 0 Å². The van der Waals surface area contributed by atoms with E-state index in [4.69, 9.17) is 11.6 Å². The molecule has 108 valence electrons. The summed E-state index contributed by atoms with van der Waals surface area (Å²) < 4.78 is 0. The van der Waals surface area contributed by atoms with Crippen molar-refractivity contribution in [3.05, 3.63) is 38.9 Å². The maximum Gasteiger partial charge on any atom is 0.283 e. The molecule has 1 aromatic rings. The molecular weight excluding hydrogens is 280 g/mol. The highest BCUT2D eigenvalue weighted by molar-refractivity contribution is 6.31. The van der Waals surface area contributed by atoms with E-state index in [1.54, 1.807) is 0 Å². The molecular formula is C14H17ClN2O3. The molecule has 5 nitrogen and oxygen atoms in total. The van der Waals surface area contributed by atoms with Gasteiger partial charge in [-0.1, -0.05) is 37.3 Å². The van der Waals surface area contributed by atoms with Crippen molar-refractivity contribution in [1.29, 1.82) is 0 Å². The number of hydrogen-bond acceptors (Lipinski definition) is 3. The van der Waals surface area contributed by atoms with E-state index in [0.717, 1.165) is 25.7 Å². The number of halogens is 1. The first-order chi connectivity index (χ1) is 9.58. The van der Waals surface area contributed by atoms with Gasteiger partial charge in [0.15, 0.2) is 0 Å². The SMILES string of the molecule is O=C(NC1CCCCCC1)c1ccc(Cl)cc1[N+](=O)[O-]. The summed E-state index contributed by atoms with van der Waals surface area (Å²) in [6, 6.07) is 4.23. The first kappa shape index (κ1) is 14.8. The fourth-order valence-corrected chi connectivity index (χ4v) is 2.70. The van der Waals surface area contributed by atoms with Crippen LogP contribution in [0.3, 0.4) is 0 Å². The highest BCUT2D eigenvalue weighted by Crippen LogP contribution is 2.24. The Bertz CT molecular complexity index is 511. The van der Waals surface area contributed by atoms with E-state index in [2.05, 4.69) is 5.32 Å². The quantitative estimate of drug-likeness (QED) is 0.525. The van der Waals surface area contributed by atoms with Crippen LogP contribution >= 0.6 is 11.6 Å². The average Bonchev–Trinajstić information content (AvgIpc) is 2.67. The third-order valence-electron chi connectivity index (χ3n) is 3.59. The van der Waals surface area contributed by atoms with Crippen molar-refractivity contribution in [2.45, 2.75) is 44.6 Å². The summed E-state index contributed by atoms with van der Waals surface area (Å²) in [4.78, 5) is 22.6. The zero-order valence-electron chi connectivity index (χ0n) is 11.1. The number of nitrogens with zero attached hydrogens (tertiary/aromatic N) is 1. The number of rotatable bonds is 3. The molecule has 1 aliphatic carbocycles. The second-order valence-corrected chi connectivity index (χ2v) is 5.52. The van der Waals surface area contributed by atoms with Gasteiger partial charge in [0.1, 0.15) is 5.56 Å². The average molecular weight is 297 g/mol. The van der Waals surface area contributed by atoms with Crippen molar-refractivity contribution in [2.75, 3.05) is 0 Å². The van der Waals surface area contributed by atoms with Crippen LogP contribution in [0.25, 0.3) is 0 Å². The normalized spacial score (nSPS) is 16.4. The van der Waals surface area contributed by atoms with Crippen molar-refractivity contribution in [1.82, 2.24) is 5.32 Å². The Labute approximate surface area is 122 Å². The molecule has 0 saturated heterocycles. The zero-order chi connectivity index (χ0) is 14.5. The van der Waals surface area contributed by atoms with Gasteiger partial charge in [0.2, 0.25) is 0 Å². The lowest BCUT2D eigenvalue weighted by atomic mass is 10.1. The minimum atomic E-state index is -0.576. The molecule has 1 aliphatic rings. The van der Waals surface area contributed by atoms with E-state index in [1.807, 2.05) is 0 Å². The van der Waals surface area contributed by atoms with Crippen LogP contribution in [0.15, 0.2) is 18.2 Å². The van der Waals surface area contributed by atoms with Crippen molar-refractivity contribution >= 4 is 23.2 Å². The van der Waals surface area contributed by atoms with Gasteiger partial charge >= 0.3 is 0 Å². The molecule has 1 aromatic carbocycles. The van der Waals surface area contributed by atoms with E-state index in [0.29, 0.717) is 0 Å². The first-order valence-corrected chi connectivity index (χ1v) is 7.20. The Kier molecular flexibility index (Phi) is 4.95. The monoisotopic (exact) mass is 296 g/mol. The van der Waals surface area contributed by atoms with Gasteiger partial charge in [-0.25, -0.2) is 0 Å². The van der Waals surface area contributed by atoms with E-state index in [1.165, 1.54) is 31.0 Å². The molecule has 0 unspecified atom stereocenters. The van der Waals surface area contributed by atoms with Crippen molar-refractivity contribution in [3.63, 3.8) is 0 Å². The molecule has 6 heteroatoms. The second-order valence-electron chi connectivity index (χ2n) is 5.08. The minimum Gasteiger partial charge on any atom is -0.349 e. The molecule has 0 aromatic heterocycles. The van der Waals surface area contributed by atoms with Crippen LogP contribution in [0.4, 0.5) is 5.69 Å². The molecule has 1 fully saturated rings. The summed E-state index contributed by atoms with van der Waals surface area (Å²) in [6.45, 7) is 0. The van der Waals surface area contributed by atoms with Gasteiger partial charge in [0.25, 0.3) is 11.6 Å². The number of benzene rings is 1. The van der Waals surface area contributed by atoms with Crippen LogP contribution in [0.1, 0.15) is 48.9 Å². The number of nitrogens with one attached hydrogen (secondary N) is 1. The lowest BCUT2D eigenvalue weighted by Gasteiger charge is -2.16. The van der Waals surface area contributed by atoms with Crippen LogP contribution in [0, 0.1) is 10.1 Å². The van der Waals surface area contributed by atoms with Crippen molar-refractivity contribution in [2.24, 2.45) is 0 Å². The molecule has 0 heterocycles. The number of nitro groups is 1. The predicted octanol–water partition coefficient (Wildman–Crippen LogP) is 3.70. The van der Waals surface area contributed by atoms with Gasteiger partial charge in [-0.05, 0) is 25.0 Å². The summed E-state index contributed by atoms with van der Waals surface area (Å²) in [7, 11) is 0. The summed E-state index contributed by atoms with van der Waals surface area (Å²) in [5.41, 5.74) is -0.174. The Balaban J connectivity index is 2.14. The molecule has 1 saturated carbocycles. The third-order valence-corrected chi connectivity index (χ3v) is 3.83. The number of carbonyl (C=O) groups excluding carboxylic acids is 1. The Morgan fingerprint density at radius 1 is 1.25 bits per heavy atom. The standard InChI is InChI=1S/C14H17ClN2O3/c15-10-7-8-12(13(9-10)17(19)20)14(18)16-11-5-3-1-2-4-6-11/h7-9,11H,1-6H2,(H,16,18). The fourth-order valence-electron chi connectivity index (χ4n) is 2.53.